The van der Waals surface area contributed by atoms with E-state index in [1.807, 2.05) is 0 Å². The summed E-state index contributed by atoms with van der Waals surface area (Å²) in [5.74, 6) is -5.50. The topological polar surface area (TPSA) is 335 Å². The number of hydrogen-bond donors (Lipinski definition) is 13. The Kier molecular flexibility index (Phi) is 33.6. The first-order valence-electron chi connectivity index (χ1n) is 27.0. The van der Waals surface area contributed by atoms with Crippen LogP contribution in [0.25, 0.3) is 0 Å². The fourth-order valence-corrected chi connectivity index (χ4v) is 9.27. The third-order valence-corrected chi connectivity index (χ3v) is 13.8. The molecule has 2 aliphatic rings. The second-order valence-corrected chi connectivity index (χ2v) is 20.4. The molecule has 0 aliphatic carbocycles. The van der Waals surface area contributed by atoms with Crippen molar-refractivity contribution < 1.29 is 89.5 Å². The lowest BCUT2D eigenvalue weighted by Gasteiger charge is -2.47. The van der Waals surface area contributed by atoms with Gasteiger partial charge in [0.05, 0.1) is 44.1 Å². The maximum absolute atomic E-state index is 13.3. The first-order chi connectivity index (χ1) is 33.9. The van der Waals surface area contributed by atoms with Gasteiger partial charge in [-0.15, -0.1) is 0 Å². The van der Waals surface area contributed by atoms with Crippen LogP contribution in [0.4, 0.5) is 0 Å². The summed E-state index contributed by atoms with van der Waals surface area (Å²) in [7, 11) is 0. The number of ether oxygens (including phenoxy) is 4. The minimum absolute atomic E-state index is 0.148. The molecule has 13 N–H and O–H groups in total. The molecule has 0 saturated carbocycles. The average Bonchev–Trinajstić information content (AvgIpc) is 3.34. The molecule has 0 unspecified atom stereocenters. The van der Waals surface area contributed by atoms with Gasteiger partial charge >= 0.3 is 5.97 Å². The third kappa shape index (κ3) is 24.4. The van der Waals surface area contributed by atoms with Crippen LogP contribution in [0.15, 0.2) is 0 Å². The minimum Gasteiger partial charge on any atom is -0.477 e. The van der Waals surface area contributed by atoms with Gasteiger partial charge in [0.1, 0.15) is 55.4 Å². The van der Waals surface area contributed by atoms with Gasteiger partial charge in [-0.3, -0.25) is 9.59 Å². The van der Waals surface area contributed by atoms with Gasteiger partial charge in [-0.2, -0.15) is 0 Å². The van der Waals surface area contributed by atoms with Crippen LogP contribution in [-0.2, 0) is 33.3 Å². The molecular formula is C51H96N2O18. The molecule has 20 heteroatoms. The molecule has 2 rings (SSSR count). The number of carbonyl (C=O) groups is 3. The fraction of sp³-hybridized carbons (Fsp3) is 0.941. The highest BCUT2D eigenvalue weighted by molar-refractivity contribution is 5.78. The Bertz CT molecular complexity index is 1420. The van der Waals surface area contributed by atoms with Gasteiger partial charge in [0.25, 0.3) is 5.79 Å². The summed E-state index contributed by atoms with van der Waals surface area (Å²) in [6, 6.07) is -2.83. The standard InChI is InChI=1S/C51H96N2O18/c1-4-5-6-7-8-9-10-11-12-13-14-15-19-22-25-28-40(59)52-35(43(61)36(56)27-24-21-18-16-17-20-23-26-34(2)3)32-68-49-47(65)46(64)45(63)39(70-49)33-69-51(50(66)67)29-37(57)42(53-41(60)31-55)48(71-51)44(62)38(58)30-54/h34-39,42-49,54-58,61-65H,4-33H2,1-3H3,(H,52,59)(H,53,60)(H,66,67)/t35-,36+,37-,38+,39+,42+,43-,44+,45+,46-,47+,48+,49+,51+/m0/s1. The molecule has 2 aliphatic heterocycles. The van der Waals surface area contributed by atoms with E-state index in [1.165, 1.54) is 83.5 Å². The molecule has 0 bridgehead atoms. The van der Waals surface area contributed by atoms with E-state index in [9.17, 15) is 70.6 Å². The quantitative estimate of drug-likeness (QED) is 0.0392. The van der Waals surface area contributed by atoms with Crippen LogP contribution in [0, 0.1) is 5.92 Å². The largest absolute Gasteiger partial charge is 0.477 e. The van der Waals surface area contributed by atoms with E-state index in [4.69, 9.17) is 18.9 Å². The molecule has 2 heterocycles. The SMILES string of the molecule is CCCCCCCCCCCCCCCCCC(=O)N[C@@H](CO[C@@H]1O[C@H](CO[C@]2(C(=O)O)C[C@H](O)[C@@H](NC(=O)CO)[C@H]([C@H](O)[C@H](O)CO)O2)[C@@H](O)[C@H](O)[C@H]1O)[C@H](O)[C@H](O)CCCCCCCCCC(C)C. The Hall–Kier alpha value is -2.15. The number of rotatable bonds is 41. The lowest BCUT2D eigenvalue weighted by Crippen LogP contribution is -2.68. The average molecular weight is 1030 g/mol. The number of hydrogen-bond acceptors (Lipinski definition) is 17. The van der Waals surface area contributed by atoms with Gasteiger partial charge < -0.3 is 85.8 Å². The molecule has 2 saturated heterocycles. The van der Waals surface area contributed by atoms with Gasteiger partial charge in [0.15, 0.2) is 6.29 Å². The Balaban J connectivity index is 2.07. The van der Waals surface area contributed by atoms with Crippen molar-refractivity contribution >= 4 is 17.8 Å². The van der Waals surface area contributed by atoms with Crippen molar-refractivity contribution in [3.05, 3.63) is 0 Å². The molecule has 0 radical (unpaired) electrons. The maximum Gasteiger partial charge on any atom is 0.364 e. The van der Waals surface area contributed by atoms with Gasteiger partial charge in [-0.05, 0) is 18.8 Å². The monoisotopic (exact) mass is 1020 g/mol. The lowest BCUT2D eigenvalue weighted by atomic mass is 9.88. The van der Waals surface area contributed by atoms with E-state index in [-0.39, 0.29) is 12.8 Å². The number of amides is 2. The van der Waals surface area contributed by atoms with Crippen LogP contribution >= 0.6 is 0 Å². The molecule has 2 amide bonds. The van der Waals surface area contributed by atoms with Gasteiger partial charge in [-0.1, -0.05) is 162 Å². The van der Waals surface area contributed by atoms with Crippen molar-refractivity contribution in [3.8, 4) is 0 Å². The van der Waals surface area contributed by atoms with Crippen molar-refractivity contribution in [2.24, 2.45) is 5.92 Å². The zero-order valence-corrected chi connectivity index (χ0v) is 43.1. The minimum atomic E-state index is -2.86. The number of aliphatic carboxylic acids is 1. The summed E-state index contributed by atoms with van der Waals surface area (Å²) < 4.78 is 22.8. The molecule has 0 spiro atoms. The molecule has 418 valence electrons. The summed E-state index contributed by atoms with van der Waals surface area (Å²) in [4.78, 5) is 38.1. The molecule has 0 aromatic carbocycles. The van der Waals surface area contributed by atoms with E-state index >= 15 is 0 Å². The van der Waals surface area contributed by atoms with E-state index in [2.05, 4.69) is 31.4 Å². The van der Waals surface area contributed by atoms with Crippen molar-refractivity contribution in [1.29, 1.82) is 0 Å². The molecular weight excluding hydrogens is 929 g/mol. The van der Waals surface area contributed by atoms with E-state index in [0.29, 0.717) is 18.8 Å². The van der Waals surface area contributed by atoms with E-state index in [0.717, 1.165) is 51.4 Å². The highest BCUT2D eigenvalue weighted by Gasteiger charge is 2.57. The summed E-state index contributed by atoms with van der Waals surface area (Å²) in [6.07, 6.45) is 5.22. The molecule has 14 atom stereocenters. The highest BCUT2D eigenvalue weighted by atomic mass is 16.7. The number of carbonyl (C=O) groups excluding carboxylic acids is 2. The van der Waals surface area contributed by atoms with E-state index in [1.54, 1.807) is 0 Å². The number of nitrogens with one attached hydrogen (secondary N) is 2. The van der Waals surface area contributed by atoms with Crippen LogP contribution in [0.5, 0.6) is 0 Å². The second-order valence-electron chi connectivity index (χ2n) is 20.4. The van der Waals surface area contributed by atoms with Crippen molar-refractivity contribution in [2.45, 2.75) is 273 Å². The predicted molar refractivity (Wildman–Crippen MR) is 262 cm³/mol. The molecule has 0 aromatic rings. The summed E-state index contributed by atoms with van der Waals surface area (Å²) in [5.41, 5.74) is 0. The number of carboxylic acid groups (broad SMARTS) is 1. The van der Waals surface area contributed by atoms with Crippen LogP contribution in [0.3, 0.4) is 0 Å². The van der Waals surface area contributed by atoms with Gasteiger partial charge in [-0.25, -0.2) is 4.79 Å². The van der Waals surface area contributed by atoms with Crippen molar-refractivity contribution in [1.82, 2.24) is 10.6 Å². The van der Waals surface area contributed by atoms with Gasteiger partial charge in [0, 0.05) is 12.8 Å². The summed E-state index contributed by atoms with van der Waals surface area (Å²) in [5, 5.41) is 121. The van der Waals surface area contributed by atoms with Crippen LogP contribution in [0.2, 0.25) is 0 Å². The second kappa shape index (κ2) is 36.7. The van der Waals surface area contributed by atoms with Gasteiger partial charge in [0.2, 0.25) is 11.8 Å². The third-order valence-electron chi connectivity index (χ3n) is 13.8. The Morgan fingerprint density at radius 1 is 0.676 bits per heavy atom. The van der Waals surface area contributed by atoms with Crippen LogP contribution in [-0.4, -0.2) is 186 Å². The smallest absolute Gasteiger partial charge is 0.364 e. The zero-order valence-electron chi connectivity index (χ0n) is 43.1. The fourth-order valence-electron chi connectivity index (χ4n) is 9.27. The van der Waals surface area contributed by atoms with Crippen LogP contribution in [0.1, 0.15) is 188 Å². The normalized spacial score (nSPS) is 27.0. The Morgan fingerprint density at radius 2 is 1.20 bits per heavy atom. The highest BCUT2D eigenvalue weighted by Crippen LogP contribution is 2.35. The zero-order chi connectivity index (χ0) is 52.8. The lowest BCUT2D eigenvalue weighted by molar-refractivity contribution is -0.339. The molecule has 71 heavy (non-hydrogen) atoms. The molecule has 0 aromatic heterocycles. The molecule has 20 nitrogen and oxygen atoms in total. The van der Waals surface area contributed by atoms with Crippen molar-refractivity contribution in [3.63, 3.8) is 0 Å². The number of aliphatic hydroxyl groups excluding tert-OH is 10. The summed E-state index contributed by atoms with van der Waals surface area (Å²) >= 11 is 0. The van der Waals surface area contributed by atoms with Crippen molar-refractivity contribution in [2.75, 3.05) is 26.4 Å². The Labute approximate surface area is 422 Å². The molecule has 2 fully saturated rings. The first kappa shape index (κ1) is 65.0. The number of unbranched alkanes of at least 4 members (excludes halogenated alkanes) is 20. The maximum atomic E-state index is 13.3. The van der Waals surface area contributed by atoms with E-state index < -0.39 is 136 Å². The number of aliphatic hydroxyl groups is 10. The van der Waals surface area contributed by atoms with Crippen LogP contribution < -0.4 is 10.6 Å². The predicted octanol–water partition coefficient (Wildman–Crippen LogP) is 2.58. The summed E-state index contributed by atoms with van der Waals surface area (Å²) in [6.45, 7) is 3.08. The number of carboxylic acids is 1. The first-order valence-corrected chi connectivity index (χ1v) is 27.0. The Morgan fingerprint density at radius 3 is 1.70 bits per heavy atom.